The first-order valence-corrected chi connectivity index (χ1v) is 10.8. The van der Waals surface area contributed by atoms with E-state index in [1.807, 2.05) is 42.5 Å². The predicted molar refractivity (Wildman–Crippen MR) is 122 cm³/mol. The van der Waals surface area contributed by atoms with Gasteiger partial charge in [0, 0.05) is 36.4 Å². The summed E-state index contributed by atoms with van der Waals surface area (Å²) < 4.78 is 10.9. The third kappa shape index (κ3) is 4.28. The summed E-state index contributed by atoms with van der Waals surface area (Å²) in [7, 11) is 0. The monoisotopic (exact) mass is 431 g/mol. The van der Waals surface area contributed by atoms with E-state index in [4.69, 9.17) is 19.4 Å². The Morgan fingerprint density at radius 2 is 1.94 bits per heavy atom. The Morgan fingerprint density at radius 3 is 2.72 bits per heavy atom. The number of carbonyl (C=O) groups is 1. The van der Waals surface area contributed by atoms with Gasteiger partial charge < -0.3 is 19.7 Å². The highest BCUT2D eigenvalue weighted by atomic mass is 16.6. The number of ether oxygens (including phenoxy) is 2. The molecule has 2 aliphatic rings. The number of hydrogen-bond donors (Lipinski definition) is 2. The molecule has 164 valence electrons. The Balaban J connectivity index is 1.37. The van der Waals surface area contributed by atoms with Crippen molar-refractivity contribution in [3.05, 3.63) is 65.9 Å². The minimum Gasteiger partial charge on any atom is -0.410 e. The summed E-state index contributed by atoms with van der Waals surface area (Å²) >= 11 is 0. The van der Waals surface area contributed by atoms with Gasteiger partial charge in [-0.3, -0.25) is 5.32 Å². The van der Waals surface area contributed by atoms with E-state index in [9.17, 15) is 4.79 Å². The Hall–Kier alpha value is -3.49. The van der Waals surface area contributed by atoms with Gasteiger partial charge in [0.1, 0.15) is 5.75 Å². The molecule has 1 saturated heterocycles. The summed E-state index contributed by atoms with van der Waals surface area (Å²) in [6, 6.07) is 16.8. The number of carbonyl (C=O) groups excluding carboxylic acids is 1. The van der Waals surface area contributed by atoms with Crippen LogP contribution in [0.5, 0.6) is 5.75 Å². The summed E-state index contributed by atoms with van der Waals surface area (Å²) in [5.74, 6) is 1.24. The molecule has 2 N–H and O–H groups in total. The van der Waals surface area contributed by atoms with Crippen molar-refractivity contribution in [1.29, 1.82) is 0 Å². The Kier molecular flexibility index (Phi) is 5.70. The highest BCUT2D eigenvalue weighted by Crippen LogP contribution is 2.30. The van der Waals surface area contributed by atoms with Gasteiger partial charge in [0.25, 0.3) is 0 Å². The molecule has 0 saturated carbocycles. The first-order chi connectivity index (χ1) is 15.7. The van der Waals surface area contributed by atoms with Crippen LogP contribution in [-0.2, 0) is 17.8 Å². The van der Waals surface area contributed by atoms with Crippen LogP contribution < -0.4 is 20.3 Å². The van der Waals surface area contributed by atoms with E-state index in [0.717, 1.165) is 48.1 Å². The van der Waals surface area contributed by atoms with Crippen LogP contribution >= 0.6 is 0 Å². The Bertz CT molecular complexity index is 1100. The van der Waals surface area contributed by atoms with Gasteiger partial charge >= 0.3 is 6.09 Å². The van der Waals surface area contributed by atoms with Crippen molar-refractivity contribution < 1.29 is 14.3 Å². The van der Waals surface area contributed by atoms with Crippen LogP contribution in [-0.4, -0.2) is 41.9 Å². The first-order valence-electron chi connectivity index (χ1n) is 10.8. The number of aromatic nitrogens is 2. The molecular weight excluding hydrogens is 406 g/mol. The van der Waals surface area contributed by atoms with Crippen molar-refractivity contribution in [3.8, 4) is 17.0 Å². The largest absolute Gasteiger partial charge is 0.417 e. The molecule has 0 bridgehead atoms. The smallest absolute Gasteiger partial charge is 0.410 e. The topological polar surface area (TPSA) is 88.6 Å². The van der Waals surface area contributed by atoms with Crippen LogP contribution in [0.4, 0.5) is 16.4 Å². The second kappa shape index (κ2) is 8.94. The molecule has 2 aromatic carbocycles. The molecule has 3 aromatic rings. The zero-order chi connectivity index (χ0) is 21.9. The van der Waals surface area contributed by atoms with Crippen LogP contribution in [0.15, 0.2) is 54.6 Å². The van der Waals surface area contributed by atoms with Crippen LogP contribution in [0.2, 0.25) is 0 Å². The van der Waals surface area contributed by atoms with E-state index in [1.165, 1.54) is 0 Å². The number of nitrogens with one attached hydrogen (secondary N) is 2. The fraction of sp³-hybridized carbons (Fsp3) is 0.292. The summed E-state index contributed by atoms with van der Waals surface area (Å²) in [6.45, 7) is 5.74. The Morgan fingerprint density at radius 1 is 1.12 bits per heavy atom. The van der Waals surface area contributed by atoms with Crippen LogP contribution in [0.25, 0.3) is 11.3 Å². The lowest BCUT2D eigenvalue weighted by molar-refractivity contribution is 0.0981. The van der Waals surface area contributed by atoms with E-state index in [1.54, 1.807) is 12.1 Å². The van der Waals surface area contributed by atoms with Gasteiger partial charge in [0.15, 0.2) is 0 Å². The fourth-order valence-corrected chi connectivity index (χ4v) is 4.00. The quantitative estimate of drug-likeness (QED) is 0.653. The van der Waals surface area contributed by atoms with Gasteiger partial charge in [0.2, 0.25) is 5.95 Å². The van der Waals surface area contributed by atoms with Crippen LogP contribution in [0.1, 0.15) is 18.2 Å². The van der Waals surface area contributed by atoms with Crippen LogP contribution in [0, 0.1) is 0 Å². The van der Waals surface area contributed by atoms with Gasteiger partial charge in [-0.05, 0) is 31.2 Å². The number of morpholine rings is 1. The molecule has 2 aliphatic heterocycles. The van der Waals surface area contributed by atoms with E-state index in [0.29, 0.717) is 24.7 Å². The second-order valence-corrected chi connectivity index (χ2v) is 7.92. The SMILES string of the molecule is C[C@H]1COCCN1c1nc2c(c(-c3ccc(NC(=O)Oc4ccccc4)cc3)n1)CNC2. The van der Waals surface area contributed by atoms with E-state index < -0.39 is 6.09 Å². The summed E-state index contributed by atoms with van der Waals surface area (Å²) in [5, 5.41) is 6.14. The average molecular weight is 431 g/mol. The number of nitrogens with zero attached hydrogens (tertiary/aromatic N) is 3. The standard InChI is InChI=1S/C24H25N5O3/c1-16-15-31-12-11-29(16)23-27-21-14-25-13-20(21)22(28-23)17-7-9-18(10-8-17)26-24(30)32-19-5-3-2-4-6-19/h2-10,16,25H,11-15H2,1H3,(H,26,30)/t16-/m0/s1. The molecule has 1 atom stereocenters. The molecule has 1 amide bonds. The van der Waals surface area contributed by atoms with Gasteiger partial charge in [0.05, 0.1) is 30.6 Å². The molecule has 32 heavy (non-hydrogen) atoms. The molecule has 8 heteroatoms. The molecule has 0 unspecified atom stereocenters. The van der Waals surface area contributed by atoms with Crippen molar-refractivity contribution in [1.82, 2.24) is 15.3 Å². The number of para-hydroxylation sites is 1. The maximum atomic E-state index is 12.2. The van der Waals surface area contributed by atoms with Crippen molar-refractivity contribution in [2.75, 3.05) is 30.0 Å². The summed E-state index contributed by atoms with van der Waals surface area (Å²) in [4.78, 5) is 24.1. The predicted octanol–water partition coefficient (Wildman–Crippen LogP) is 3.58. The van der Waals surface area contributed by atoms with Gasteiger partial charge in [-0.15, -0.1) is 0 Å². The molecule has 1 aromatic heterocycles. The third-order valence-electron chi connectivity index (χ3n) is 5.66. The van der Waals surface area contributed by atoms with Crippen LogP contribution in [0.3, 0.4) is 0 Å². The minimum absolute atomic E-state index is 0.228. The van der Waals surface area contributed by atoms with Crippen molar-refractivity contribution in [2.24, 2.45) is 0 Å². The number of anilines is 2. The lowest BCUT2D eigenvalue weighted by Crippen LogP contribution is -2.44. The minimum atomic E-state index is -0.528. The fourth-order valence-electron chi connectivity index (χ4n) is 4.00. The van der Waals surface area contributed by atoms with Crippen molar-refractivity contribution >= 4 is 17.7 Å². The second-order valence-electron chi connectivity index (χ2n) is 7.92. The normalized spacial score (nSPS) is 17.7. The molecule has 8 nitrogen and oxygen atoms in total. The molecule has 0 spiro atoms. The average Bonchev–Trinajstić information content (AvgIpc) is 3.29. The lowest BCUT2D eigenvalue weighted by Gasteiger charge is -2.33. The number of fused-ring (bicyclic) bond motifs is 1. The maximum Gasteiger partial charge on any atom is 0.417 e. The number of rotatable bonds is 4. The highest BCUT2D eigenvalue weighted by molar-refractivity contribution is 5.86. The van der Waals surface area contributed by atoms with Gasteiger partial charge in [-0.1, -0.05) is 30.3 Å². The van der Waals surface area contributed by atoms with Crippen molar-refractivity contribution in [3.63, 3.8) is 0 Å². The Labute approximate surface area is 186 Å². The molecule has 1 fully saturated rings. The molecular formula is C24H25N5O3. The molecule has 5 rings (SSSR count). The molecule has 0 radical (unpaired) electrons. The van der Waals surface area contributed by atoms with Gasteiger partial charge in [-0.25, -0.2) is 14.8 Å². The molecule has 0 aliphatic carbocycles. The zero-order valence-electron chi connectivity index (χ0n) is 17.9. The first kappa shape index (κ1) is 20.4. The molecule has 3 heterocycles. The summed E-state index contributed by atoms with van der Waals surface area (Å²) in [5.41, 5.74) is 4.72. The lowest BCUT2D eigenvalue weighted by atomic mass is 10.1. The zero-order valence-corrected chi connectivity index (χ0v) is 17.9. The maximum absolute atomic E-state index is 12.2. The number of hydrogen-bond acceptors (Lipinski definition) is 7. The van der Waals surface area contributed by atoms with E-state index in [-0.39, 0.29) is 6.04 Å². The third-order valence-corrected chi connectivity index (χ3v) is 5.66. The number of amides is 1. The van der Waals surface area contributed by atoms with Gasteiger partial charge in [-0.2, -0.15) is 0 Å². The summed E-state index contributed by atoms with van der Waals surface area (Å²) in [6.07, 6.45) is -0.528. The number of benzene rings is 2. The van der Waals surface area contributed by atoms with Crippen molar-refractivity contribution in [2.45, 2.75) is 26.1 Å². The highest BCUT2D eigenvalue weighted by Gasteiger charge is 2.26. The van der Waals surface area contributed by atoms with E-state index >= 15 is 0 Å². The van der Waals surface area contributed by atoms with E-state index in [2.05, 4.69) is 22.5 Å².